The first-order valence-electron chi connectivity index (χ1n) is 11.5. The molecule has 2 aromatic rings. The third kappa shape index (κ3) is 5.42. The summed E-state index contributed by atoms with van der Waals surface area (Å²) >= 11 is 0. The largest absolute Gasteiger partial charge is 0.439 e. The summed E-state index contributed by atoms with van der Waals surface area (Å²) in [5.74, 6) is 2.28. The maximum atomic E-state index is 5.92. The summed E-state index contributed by atoms with van der Waals surface area (Å²) in [5, 5.41) is 6.99. The second-order valence-corrected chi connectivity index (χ2v) is 8.57. The number of aliphatic imine (C=N–C) groups is 1. The van der Waals surface area contributed by atoms with Crippen molar-refractivity contribution in [3.8, 4) is 11.3 Å². The molecule has 30 heavy (non-hydrogen) atoms. The fourth-order valence-electron chi connectivity index (χ4n) is 4.57. The van der Waals surface area contributed by atoms with Crippen molar-refractivity contribution >= 4 is 5.96 Å². The Morgan fingerprint density at radius 1 is 1.13 bits per heavy atom. The summed E-state index contributed by atoms with van der Waals surface area (Å²) in [6.07, 6.45) is 9.74. The van der Waals surface area contributed by atoms with Gasteiger partial charge in [-0.2, -0.15) is 0 Å². The molecule has 0 amide bonds. The van der Waals surface area contributed by atoms with Crippen LogP contribution in [-0.4, -0.2) is 47.6 Å². The van der Waals surface area contributed by atoms with Crippen LogP contribution in [0.2, 0.25) is 0 Å². The Hall–Kier alpha value is -2.34. The number of piperidine rings is 1. The average Bonchev–Trinajstić information content (AvgIpc) is 3.46. The molecule has 1 aliphatic heterocycles. The topological polar surface area (TPSA) is 65.7 Å². The lowest BCUT2D eigenvalue weighted by Crippen LogP contribution is -2.50. The summed E-state index contributed by atoms with van der Waals surface area (Å²) in [7, 11) is 0. The number of nitrogens with one attached hydrogen (secondary N) is 2. The van der Waals surface area contributed by atoms with Gasteiger partial charge in [0.05, 0.1) is 6.20 Å². The van der Waals surface area contributed by atoms with Crippen molar-refractivity contribution in [2.45, 2.75) is 71.0 Å². The van der Waals surface area contributed by atoms with Crippen molar-refractivity contribution in [2.24, 2.45) is 4.99 Å². The summed E-state index contributed by atoms with van der Waals surface area (Å²) in [5.41, 5.74) is 2.28. The van der Waals surface area contributed by atoms with Gasteiger partial charge in [0, 0.05) is 37.3 Å². The molecule has 0 atom stereocenters. The Labute approximate surface area is 180 Å². The molecule has 2 aliphatic rings. The Kier molecular flexibility index (Phi) is 7.05. The molecule has 1 aromatic carbocycles. The molecule has 2 heterocycles. The molecule has 2 fully saturated rings. The van der Waals surface area contributed by atoms with Crippen molar-refractivity contribution in [3.63, 3.8) is 0 Å². The van der Waals surface area contributed by atoms with Gasteiger partial charge in [0.15, 0.2) is 11.7 Å². The van der Waals surface area contributed by atoms with Gasteiger partial charge in [0.25, 0.3) is 0 Å². The summed E-state index contributed by atoms with van der Waals surface area (Å²) in [4.78, 5) is 11.8. The number of aromatic nitrogens is 1. The minimum atomic E-state index is 0.433. The van der Waals surface area contributed by atoms with Crippen LogP contribution in [-0.2, 0) is 6.54 Å². The minimum Gasteiger partial charge on any atom is -0.439 e. The number of likely N-dealkylation sites (tertiary alicyclic amines) is 1. The predicted molar refractivity (Wildman–Crippen MR) is 121 cm³/mol. The van der Waals surface area contributed by atoms with Gasteiger partial charge >= 0.3 is 0 Å². The van der Waals surface area contributed by atoms with Crippen LogP contribution in [0.5, 0.6) is 0 Å². The van der Waals surface area contributed by atoms with E-state index >= 15 is 0 Å². The lowest BCUT2D eigenvalue weighted by molar-refractivity contribution is 0.150. The summed E-state index contributed by atoms with van der Waals surface area (Å²) < 4.78 is 5.92. The number of benzene rings is 1. The van der Waals surface area contributed by atoms with E-state index in [1.165, 1.54) is 57.2 Å². The number of nitrogens with zero attached hydrogens (tertiary/aromatic N) is 3. The van der Waals surface area contributed by atoms with Gasteiger partial charge in [0.2, 0.25) is 5.89 Å². The third-order valence-electron chi connectivity index (χ3n) is 6.32. The molecule has 1 aliphatic carbocycles. The standard InChI is InChI=1S/C24H35N5O/c1-3-25-24(28-20-12-14-29(15-13-20)21-6-4-5-7-21)27-17-23-26-16-22(30-23)19-10-8-18(2)9-11-19/h8-11,16,20-21H,3-7,12-15,17H2,1-2H3,(H2,25,27,28). The van der Waals surface area contributed by atoms with E-state index in [-0.39, 0.29) is 0 Å². The summed E-state index contributed by atoms with van der Waals surface area (Å²) in [6, 6.07) is 9.61. The van der Waals surface area contributed by atoms with E-state index in [4.69, 9.17) is 9.41 Å². The highest BCUT2D eigenvalue weighted by atomic mass is 16.4. The highest BCUT2D eigenvalue weighted by Crippen LogP contribution is 2.26. The lowest BCUT2D eigenvalue weighted by Gasteiger charge is -2.36. The van der Waals surface area contributed by atoms with Crippen molar-refractivity contribution in [2.75, 3.05) is 19.6 Å². The van der Waals surface area contributed by atoms with Gasteiger partial charge in [-0.1, -0.05) is 42.7 Å². The van der Waals surface area contributed by atoms with Crippen LogP contribution >= 0.6 is 0 Å². The van der Waals surface area contributed by atoms with E-state index in [1.807, 2.05) is 0 Å². The molecule has 6 nitrogen and oxygen atoms in total. The van der Waals surface area contributed by atoms with E-state index in [9.17, 15) is 0 Å². The number of aryl methyl sites for hydroxylation is 1. The van der Waals surface area contributed by atoms with Crippen molar-refractivity contribution in [1.82, 2.24) is 20.5 Å². The molecule has 4 rings (SSSR count). The molecule has 1 saturated heterocycles. The Bertz CT molecular complexity index is 814. The molecule has 0 radical (unpaired) electrons. The van der Waals surface area contributed by atoms with E-state index in [0.717, 1.165) is 29.9 Å². The Morgan fingerprint density at radius 3 is 2.57 bits per heavy atom. The maximum absolute atomic E-state index is 5.92. The first-order chi connectivity index (χ1) is 14.7. The molecule has 0 spiro atoms. The highest BCUT2D eigenvalue weighted by molar-refractivity contribution is 5.80. The number of hydrogen-bond donors (Lipinski definition) is 2. The zero-order valence-corrected chi connectivity index (χ0v) is 18.4. The third-order valence-corrected chi connectivity index (χ3v) is 6.32. The number of rotatable bonds is 6. The van der Waals surface area contributed by atoms with Gasteiger partial charge in [-0.25, -0.2) is 9.98 Å². The number of guanidine groups is 1. The quantitative estimate of drug-likeness (QED) is 0.555. The van der Waals surface area contributed by atoms with Crippen LogP contribution in [0.4, 0.5) is 0 Å². The van der Waals surface area contributed by atoms with E-state index in [0.29, 0.717) is 18.5 Å². The fraction of sp³-hybridized carbons (Fsp3) is 0.583. The van der Waals surface area contributed by atoms with Crippen LogP contribution in [0, 0.1) is 6.92 Å². The number of oxazole rings is 1. The SMILES string of the molecule is CCNC(=NCc1ncc(-c2ccc(C)cc2)o1)NC1CCN(C2CCCC2)CC1. The zero-order chi connectivity index (χ0) is 20.8. The van der Waals surface area contributed by atoms with Crippen LogP contribution in [0.3, 0.4) is 0 Å². The van der Waals surface area contributed by atoms with Crippen LogP contribution in [0.25, 0.3) is 11.3 Å². The second kappa shape index (κ2) is 10.1. The normalized spacial score (nSPS) is 19.3. The van der Waals surface area contributed by atoms with Crippen LogP contribution < -0.4 is 10.6 Å². The van der Waals surface area contributed by atoms with Crippen LogP contribution in [0.15, 0.2) is 39.9 Å². The average molecular weight is 410 g/mol. The molecule has 0 unspecified atom stereocenters. The predicted octanol–water partition coefficient (Wildman–Crippen LogP) is 4.11. The Morgan fingerprint density at radius 2 is 1.87 bits per heavy atom. The first-order valence-corrected chi connectivity index (χ1v) is 11.5. The van der Waals surface area contributed by atoms with Gasteiger partial charge in [0.1, 0.15) is 6.54 Å². The highest BCUT2D eigenvalue weighted by Gasteiger charge is 2.27. The number of hydrogen-bond acceptors (Lipinski definition) is 4. The monoisotopic (exact) mass is 409 g/mol. The summed E-state index contributed by atoms with van der Waals surface area (Å²) in [6.45, 7) is 7.84. The zero-order valence-electron chi connectivity index (χ0n) is 18.4. The van der Waals surface area contributed by atoms with Crippen LogP contribution in [0.1, 0.15) is 56.9 Å². The molecule has 0 bridgehead atoms. The molecule has 6 heteroatoms. The lowest BCUT2D eigenvalue weighted by atomic mass is 10.0. The Balaban J connectivity index is 1.31. The maximum Gasteiger partial charge on any atom is 0.216 e. The van der Waals surface area contributed by atoms with Gasteiger partial charge in [-0.15, -0.1) is 0 Å². The molecular weight excluding hydrogens is 374 g/mol. The molecule has 1 aromatic heterocycles. The van der Waals surface area contributed by atoms with Gasteiger partial charge < -0.3 is 20.0 Å². The van der Waals surface area contributed by atoms with Gasteiger partial charge in [-0.05, 0) is 39.5 Å². The van der Waals surface area contributed by atoms with E-state index in [1.54, 1.807) is 6.20 Å². The smallest absolute Gasteiger partial charge is 0.216 e. The van der Waals surface area contributed by atoms with E-state index < -0.39 is 0 Å². The van der Waals surface area contributed by atoms with Crippen molar-refractivity contribution in [3.05, 3.63) is 41.9 Å². The second-order valence-electron chi connectivity index (χ2n) is 8.57. The molecule has 1 saturated carbocycles. The molecule has 162 valence electrons. The van der Waals surface area contributed by atoms with E-state index in [2.05, 4.69) is 58.6 Å². The fourth-order valence-corrected chi connectivity index (χ4v) is 4.57. The first kappa shape index (κ1) is 20.9. The minimum absolute atomic E-state index is 0.433. The molecular formula is C24H35N5O. The van der Waals surface area contributed by atoms with Crippen molar-refractivity contribution < 1.29 is 4.42 Å². The van der Waals surface area contributed by atoms with Crippen molar-refractivity contribution in [1.29, 1.82) is 0 Å². The molecule has 2 N–H and O–H groups in total. The van der Waals surface area contributed by atoms with Gasteiger partial charge in [-0.3, -0.25) is 0 Å².